The Hall–Kier alpha value is -1.22. The molecule has 0 radical (unpaired) electrons. The maximum absolute atomic E-state index is 13.6. The van der Waals surface area contributed by atoms with E-state index in [-0.39, 0.29) is 17.0 Å². The van der Waals surface area contributed by atoms with Crippen molar-refractivity contribution in [3.8, 4) is 0 Å². The number of Topliss-reactive ketones (excluding diaryl/α,β-unsaturated/α-hetero) is 1. The molecule has 0 aliphatic carbocycles. The number of hydrogen-bond acceptors (Lipinski definition) is 2. The van der Waals surface area contributed by atoms with Crippen molar-refractivity contribution >= 4 is 5.78 Å². The monoisotopic (exact) mass is 237 g/mol. The molecule has 0 atom stereocenters. The second-order valence-corrected chi connectivity index (χ2v) is 4.99. The highest BCUT2D eigenvalue weighted by atomic mass is 19.1. The quantitative estimate of drug-likeness (QED) is 0.771. The summed E-state index contributed by atoms with van der Waals surface area (Å²) in [5.41, 5.74) is 0.428. The van der Waals surface area contributed by atoms with E-state index in [0.29, 0.717) is 25.1 Å². The number of rotatable bonds is 6. The molecular weight excluding hydrogens is 217 g/mol. The van der Waals surface area contributed by atoms with Crippen LogP contribution in [0.2, 0.25) is 0 Å². The van der Waals surface area contributed by atoms with Crippen LogP contribution >= 0.6 is 0 Å². The lowest BCUT2D eigenvalue weighted by atomic mass is 9.84. The van der Waals surface area contributed by atoms with Crippen molar-refractivity contribution in [2.75, 3.05) is 13.1 Å². The van der Waals surface area contributed by atoms with Gasteiger partial charge in [-0.1, -0.05) is 32.0 Å². The molecule has 0 heterocycles. The van der Waals surface area contributed by atoms with E-state index in [2.05, 4.69) is 5.32 Å². The Morgan fingerprint density at radius 1 is 1.35 bits per heavy atom. The summed E-state index contributed by atoms with van der Waals surface area (Å²) < 4.78 is 13.6. The Morgan fingerprint density at radius 3 is 2.59 bits per heavy atom. The van der Waals surface area contributed by atoms with Crippen LogP contribution in [0.4, 0.5) is 4.39 Å². The first-order valence-electron chi connectivity index (χ1n) is 5.88. The molecule has 2 nitrogen and oxygen atoms in total. The first-order chi connectivity index (χ1) is 7.93. The van der Waals surface area contributed by atoms with Gasteiger partial charge in [0.1, 0.15) is 11.6 Å². The summed E-state index contributed by atoms with van der Waals surface area (Å²) in [6, 6.07) is 6.82. The third-order valence-electron chi connectivity index (χ3n) is 2.82. The summed E-state index contributed by atoms with van der Waals surface area (Å²) in [6.45, 7) is 6.86. The third kappa shape index (κ3) is 4.27. The number of hydrogen-bond donors (Lipinski definition) is 1. The molecule has 17 heavy (non-hydrogen) atoms. The van der Waals surface area contributed by atoms with Gasteiger partial charge in [0, 0.05) is 24.9 Å². The van der Waals surface area contributed by atoms with E-state index in [1.54, 1.807) is 13.0 Å². The van der Waals surface area contributed by atoms with Gasteiger partial charge in [-0.15, -0.1) is 0 Å². The van der Waals surface area contributed by atoms with Crippen molar-refractivity contribution in [3.05, 3.63) is 35.6 Å². The molecule has 0 unspecified atom stereocenters. The average molecular weight is 237 g/mol. The van der Waals surface area contributed by atoms with E-state index in [0.717, 1.165) is 0 Å². The van der Waals surface area contributed by atoms with Crippen LogP contribution in [0.25, 0.3) is 0 Å². The Labute approximate surface area is 102 Å². The number of benzene rings is 1. The minimum absolute atomic E-state index is 0.168. The molecule has 1 N–H and O–H groups in total. The lowest BCUT2D eigenvalue weighted by Crippen LogP contribution is -2.34. The predicted molar refractivity (Wildman–Crippen MR) is 67.6 cm³/mol. The standard InChI is InChI=1S/C14H20FNO/c1-11(17)8-9-16-10-14(2,3)12-6-4-5-7-13(12)15/h4-7,16H,8-10H2,1-3H3. The molecule has 0 spiro atoms. The van der Waals surface area contributed by atoms with Gasteiger partial charge in [0.25, 0.3) is 0 Å². The number of carbonyl (C=O) groups is 1. The molecule has 0 aromatic heterocycles. The summed E-state index contributed by atoms with van der Waals surface area (Å²) in [5, 5.41) is 3.20. The van der Waals surface area contributed by atoms with Crippen LogP contribution < -0.4 is 5.32 Å². The Kier molecular flexibility index (Phi) is 4.82. The van der Waals surface area contributed by atoms with Crippen LogP contribution in [0, 0.1) is 5.82 Å². The molecule has 0 saturated heterocycles. The molecule has 0 amide bonds. The van der Waals surface area contributed by atoms with Gasteiger partial charge in [0.05, 0.1) is 0 Å². The maximum Gasteiger partial charge on any atom is 0.131 e. The summed E-state index contributed by atoms with van der Waals surface area (Å²) in [7, 11) is 0. The second kappa shape index (κ2) is 5.92. The molecule has 1 aromatic carbocycles. The topological polar surface area (TPSA) is 29.1 Å². The molecular formula is C14H20FNO. The van der Waals surface area contributed by atoms with E-state index in [4.69, 9.17) is 0 Å². The number of halogens is 1. The van der Waals surface area contributed by atoms with Crippen molar-refractivity contribution in [2.45, 2.75) is 32.6 Å². The Bertz CT molecular complexity index is 388. The minimum atomic E-state index is -0.276. The normalized spacial score (nSPS) is 11.5. The van der Waals surface area contributed by atoms with Crippen LogP contribution in [0.1, 0.15) is 32.8 Å². The largest absolute Gasteiger partial charge is 0.315 e. The van der Waals surface area contributed by atoms with Crippen molar-refractivity contribution in [1.29, 1.82) is 0 Å². The van der Waals surface area contributed by atoms with Gasteiger partial charge in [-0.3, -0.25) is 4.79 Å². The highest BCUT2D eigenvalue weighted by Crippen LogP contribution is 2.24. The van der Waals surface area contributed by atoms with Gasteiger partial charge >= 0.3 is 0 Å². The van der Waals surface area contributed by atoms with E-state index in [9.17, 15) is 9.18 Å². The van der Waals surface area contributed by atoms with Gasteiger partial charge < -0.3 is 5.32 Å². The predicted octanol–water partition coefficient (Wildman–Crippen LogP) is 2.67. The smallest absolute Gasteiger partial charge is 0.131 e. The molecule has 0 saturated carbocycles. The lowest BCUT2D eigenvalue weighted by Gasteiger charge is -2.26. The molecule has 0 aliphatic rings. The highest BCUT2D eigenvalue weighted by molar-refractivity contribution is 5.75. The van der Waals surface area contributed by atoms with E-state index in [1.807, 2.05) is 26.0 Å². The van der Waals surface area contributed by atoms with E-state index in [1.165, 1.54) is 6.07 Å². The average Bonchev–Trinajstić information content (AvgIpc) is 2.24. The summed E-state index contributed by atoms with van der Waals surface area (Å²) in [5.74, 6) is -0.00735. The zero-order valence-corrected chi connectivity index (χ0v) is 10.7. The van der Waals surface area contributed by atoms with Gasteiger partial charge in [-0.2, -0.15) is 0 Å². The van der Waals surface area contributed by atoms with Crippen molar-refractivity contribution in [2.24, 2.45) is 0 Å². The molecule has 0 aliphatic heterocycles. The Morgan fingerprint density at radius 2 is 2.00 bits per heavy atom. The highest BCUT2D eigenvalue weighted by Gasteiger charge is 2.23. The SMILES string of the molecule is CC(=O)CCNCC(C)(C)c1ccccc1F. The van der Waals surface area contributed by atoms with Crippen LogP contribution in [0.5, 0.6) is 0 Å². The fourth-order valence-corrected chi connectivity index (χ4v) is 1.77. The number of carbonyl (C=O) groups excluding carboxylic acids is 1. The van der Waals surface area contributed by atoms with Crippen molar-refractivity contribution < 1.29 is 9.18 Å². The van der Waals surface area contributed by atoms with Crippen LogP contribution in [0.15, 0.2) is 24.3 Å². The number of ketones is 1. The number of nitrogens with one attached hydrogen (secondary N) is 1. The molecule has 1 aromatic rings. The van der Waals surface area contributed by atoms with E-state index >= 15 is 0 Å². The first-order valence-corrected chi connectivity index (χ1v) is 5.88. The van der Waals surface area contributed by atoms with E-state index < -0.39 is 0 Å². The second-order valence-electron chi connectivity index (χ2n) is 4.99. The van der Waals surface area contributed by atoms with Crippen molar-refractivity contribution in [3.63, 3.8) is 0 Å². The summed E-state index contributed by atoms with van der Waals surface area (Å²) in [6.07, 6.45) is 0.521. The fourth-order valence-electron chi connectivity index (χ4n) is 1.77. The Balaban J connectivity index is 2.57. The first kappa shape index (κ1) is 13.8. The zero-order valence-electron chi connectivity index (χ0n) is 10.7. The van der Waals surface area contributed by atoms with Crippen LogP contribution in [0.3, 0.4) is 0 Å². The fraction of sp³-hybridized carbons (Fsp3) is 0.500. The lowest BCUT2D eigenvalue weighted by molar-refractivity contribution is -0.116. The molecule has 1 rings (SSSR count). The maximum atomic E-state index is 13.6. The summed E-state index contributed by atoms with van der Waals surface area (Å²) in [4.78, 5) is 10.8. The van der Waals surface area contributed by atoms with Crippen molar-refractivity contribution in [1.82, 2.24) is 5.32 Å². The molecule has 0 bridgehead atoms. The molecule has 94 valence electrons. The molecule has 3 heteroatoms. The van der Waals surface area contributed by atoms with Gasteiger partial charge in [0.15, 0.2) is 0 Å². The van der Waals surface area contributed by atoms with Crippen LogP contribution in [-0.2, 0) is 10.2 Å². The van der Waals surface area contributed by atoms with Gasteiger partial charge in [-0.05, 0) is 18.6 Å². The zero-order chi connectivity index (χ0) is 12.9. The third-order valence-corrected chi connectivity index (χ3v) is 2.82. The molecule has 0 fully saturated rings. The minimum Gasteiger partial charge on any atom is -0.315 e. The van der Waals surface area contributed by atoms with Gasteiger partial charge in [0.2, 0.25) is 0 Å². The van der Waals surface area contributed by atoms with Crippen LogP contribution in [-0.4, -0.2) is 18.9 Å². The summed E-state index contributed by atoms with van der Waals surface area (Å²) >= 11 is 0. The van der Waals surface area contributed by atoms with Gasteiger partial charge in [-0.25, -0.2) is 4.39 Å².